The van der Waals surface area contributed by atoms with Gasteiger partial charge in [-0.05, 0) is 35.0 Å². The largest absolute Gasteiger partial charge is 0.314 e. The van der Waals surface area contributed by atoms with E-state index in [0.29, 0.717) is 17.1 Å². The topological polar surface area (TPSA) is 15.3 Å². The van der Waals surface area contributed by atoms with Crippen LogP contribution in [0.15, 0.2) is 16.6 Å². The average Bonchev–Trinajstić information content (AvgIpc) is 2.32. The van der Waals surface area contributed by atoms with E-state index in [2.05, 4.69) is 33.1 Å². The Morgan fingerprint density at radius 2 is 2.24 bits per heavy atom. The first-order chi connectivity index (χ1) is 8.09. The maximum absolute atomic E-state index is 13.8. The van der Waals surface area contributed by atoms with Crippen LogP contribution in [0.3, 0.4) is 0 Å². The standard InChI is InChI=1S/C12H15BrF2N2/c1-8-6-16-4-5-17(8)7-9-11(14)3-2-10(13)12(9)15/h2-3,8,16H,4-7H2,1H3. The van der Waals surface area contributed by atoms with Crippen LogP contribution in [0.4, 0.5) is 8.78 Å². The van der Waals surface area contributed by atoms with E-state index in [9.17, 15) is 8.78 Å². The van der Waals surface area contributed by atoms with Gasteiger partial charge < -0.3 is 5.32 Å². The van der Waals surface area contributed by atoms with Crippen LogP contribution >= 0.6 is 15.9 Å². The molecule has 0 bridgehead atoms. The lowest BCUT2D eigenvalue weighted by Gasteiger charge is -2.34. The molecule has 1 unspecified atom stereocenters. The molecule has 0 radical (unpaired) electrons. The third-order valence-corrected chi connectivity index (χ3v) is 3.75. The number of hydrogen-bond donors (Lipinski definition) is 1. The van der Waals surface area contributed by atoms with E-state index in [0.717, 1.165) is 19.6 Å². The van der Waals surface area contributed by atoms with Gasteiger partial charge in [-0.2, -0.15) is 0 Å². The minimum Gasteiger partial charge on any atom is -0.314 e. The Balaban J connectivity index is 2.20. The molecule has 1 saturated heterocycles. The molecule has 1 aliphatic rings. The fraction of sp³-hybridized carbons (Fsp3) is 0.500. The molecule has 0 aliphatic carbocycles. The van der Waals surface area contributed by atoms with Gasteiger partial charge in [0.2, 0.25) is 0 Å². The summed E-state index contributed by atoms with van der Waals surface area (Å²) in [6, 6.07) is 2.99. The molecule has 0 aromatic heterocycles. The lowest BCUT2D eigenvalue weighted by molar-refractivity contribution is 0.161. The number of nitrogens with zero attached hydrogens (tertiary/aromatic N) is 1. The first-order valence-corrected chi connectivity index (χ1v) is 6.46. The zero-order valence-corrected chi connectivity index (χ0v) is 11.2. The van der Waals surface area contributed by atoms with Crippen molar-refractivity contribution in [3.63, 3.8) is 0 Å². The Labute approximate surface area is 108 Å². The number of rotatable bonds is 2. The number of nitrogens with one attached hydrogen (secondary N) is 1. The van der Waals surface area contributed by atoms with E-state index in [1.807, 2.05) is 0 Å². The zero-order valence-electron chi connectivity index (χ0n) is 9.64. The molecular weight excluding hydrogens is 290 g/mol. The second-order valence-corrected chi connectivity index (χ2v) is 5.20. The minimum atomic E-state index is -0.490. The van der Waals surface area contributed by atoms with Crippen molar-refractivity contribution in [3.8, 4) is 0 Å². The summed E-state index contributed by atoms with van der Waals surface area (Å²) in [6.07, 6.45) is 0. The first kappa shape index (κ1) is 12.9. The monoisotopic (exact) mass is 304 g/mol. The molecule has 1 aromatic rings. The summed E-state index contributed by atoms with van der Waals surface area (Å²) in [7, 11) is 0. The van der Waals surface area contributed by atoms with Crippen molar-refractivity contribution in [2.24, 2.45) is 0 Å². The van der Waals surface area contributed by atoms with Crippen LogP contribution in [0.2, 0.25) is 0 Å². The quantitative estimate of drug-likeness (QED) is 0.845. The van der Waals surface area contributed by atoms with Crippen molar-refractivity contribution < 1.29 is 8.78 Å². The van der Waals surface area contributed by atoms with Gasteiger partial charge in [0.25, 0.3) is 0 Å². The van der Waals surface area contributed by atoms with Crippen LogP contribution in [-0.2, 0) is 6.54 Å². The van der Waals surface area contributed by atoms with E-state index in [1.54, 1.807) is 0 Å². The van der Waals surface area contributed by atoms with Crippen LogP contribution in [0, 0.1) is 11.6 Å². The van der Waals surface area contributed by atoms with E-state index in [-0.39, 0.29) is 5.56 Å². The molecule has 2 rings (SSSR count). The van der Waals surface area contributed by atoms with Crippen molar-refractivity contribution in [3.05, 3.63) is 33.8 Å². The fourth-order valence-corrected chi connectivity index (χ4v) is 2.41. The maximum Gasteiger partial charge on any atom is 0.144 e. The molecule has 0 spiro atoms. The Morgan fingerprint density at radius 3 is 2.94 bits per heavy atom. The molecule has 1 aromatic carbocycles. The molecule has 94 valence electrons. The average molecular weight is 305 g/mol. The normalized spacial score (nSPS) is 21.8. The Bertz CT molecular complexity index is 412. The molecule has 2 nitrogen and oxygen atoms in total. The van der Waals surface area contributed by atoms with Gasteiger partial charge in [0.1, 0.15) is 11.6 Å². The van der Waals surface area contributed by atoms with Gasteiger partial charge in [0, 0.05) is 37.8 Å². The van der Waals surface area contributed by atoms with Crippen LogP contribution in [0.1, 0.15) is 12.5 Å². The first-order valence-electron chi connectivity index (χ1n) is 5.66. The molecular formula is C12H15BrF2N2. The predicted octanol–water partition coefficient (Wildman–Crippen LogP) is 2.52. The second-order valence-electron chi connectivity index (χ2n) is 4.35. The van der Waals surface area contributed by atoms with Gasteiger partial charge in [-0.3, -0.25) is 4.90 Å². The van der Waals surface area contributed by atoms with Crippen LogP contribution < -0.4 is 5.32 Å². The third-order valence-electron chi connectivity index (χ3n) is 3.14. The lowest BCUT2D eigenvalue weighted by Crippen LogP contribution is -2.49. The van der Waals surface area contributed by atoms with Gasteiger partial charge in [-0.1, -0.05) is 0 Å². The summed E-state index contributed by atoms with van der Waals surface area (Å²) in [5.41, 5.74) is 0.146. The number of benzene rings is 1. The van der Waals surface area contributed by atoms with Crippen molar-refractivity contribution in [2.45, 2.75) is 19.5 Å². The highest BCUT2D eigenvalue weighted by atomic mass is 79.9. The van der Waals surface area contributed by atoms with Gasteiger partial charge in [0.15, 0.2) is 0 Å². The summed E-state index contributed by atoms with van der Waals surface area (Å²) < 4.78 is 27.7. The highest BCUT2D eigenvalue weighted by Gasteiger charge is 2.21. The molecule has 0 amide bonds. The molecule has 1 atom stereocenters. The Kier molecular flexibility index (Phi) is 4.12. The summed E-state index contributed by atoms with van der Waals surface area (Å²) in [5, 5.41) is 3.25. The smallest absolute Gasteiger partial charge is 0.144 e. The highest BCUT2D eigenvalue weighted by molar-refractivity contribution is 9.10. The van der Waals surface area contributed by atoms with Crippen LogP contribution in [0.25, 0.3) is 0 Å². The SMILES string of the molecule is CC1CNCCN1Cc1c(F)ccc(Br)c1F. The van der Waals surface area contributed by atoms with Crippen LogP contribution in [0.5, 0.6) is 0 Å². The molecule has 1 N–H and O–H groups in total. The van der Waals surface area contributed by atoms with Crippen molar-refractivity contribution in [1.82, 2.24) is 10.2 Å². The number of piperazine rings is 1. The number of hydrogen-bond acceptors (Lipinski definition) is 2. The zero-order chi connectivity index (χ0) is 12.4. The second kappa shape index (κ2) is 5.42. The summed E-state index contributed by atoms with van der Waals surface area (Å²) in [5.74, 6) is -0.966. The fourth-order valence-electron chi connectivity index (χ4n) is 2.04. The van der Waals surface area contributed by atoms with Gasteiger partial charge in [-0.15, -0.1) is 0 Å². The van der Waals surface area contributed by atoms with E-state index < -0.39 is 11.6 Å². The van der Waals surface area contributed by atoms with Crippen molar-refractivity contribution in [2.75, 3.05) is 19.6 Å². The summed E-state index contributed by atoms with van der Waals surface area (Å²) in [4.78, 5) is 2.09. The Morgan fingerprint density at radius 1 is 1.47 bits per heavy atom. The third kappa shape index (κ3) is 2.84. The van der Waals surface area contributed by atoms with Crippen molar-refractivity contribution >= 4 is 15.9 Å². The summed E-state index contributed by atoms with van der Waals surface area (Å²) >= 11 is 3.09. The van der Waals surface area contributed by atoms with E-state index >= 15 is 0 Å². The molecule has 5 heteroatoms. The molecule has 1 heterocycles. The maximum atomic E-state index is 13.8. The number of halogens is 3. The van der Waals surface area contributed by atoms with Gasteiger partial charge in [0.05, 0.1) is 4.47 Å². The molecule has 1 aliphatic heterocycles. The highest BCUT2D eigenvalue weighted by Crippen LogP contribution is 2.23. The van der Waals surface area contributed by atoms with Gasteiger partial charge >= 0.3 is 0 Å². The van der Waals surface area contributed by atoms with Crippen LogP contribution in [-0.4, -0.2) is 30.6 Å². The Hall–Kier alpha value is -0.520. The molecule has 1 fully saturated rings. The summed E-state index contributed by atoms with van der Waals surface area (Å²) in [6.45, 7) is 4.91. The molecule has 0 saturated carbocycles. The van der Waals surface area contributed by atoms with Crippen molar-refractivity contribution in [1.29, 1.82) is 0 Å². The minimum absolute atomic E-state index is 0.146. The predicted molar refractivity (Wildman–Crippen MR) is 66.8 cm³/mol. The van der Waals surface area contributed by atoms with Gasteiger partial charge in [-0.25, -0.2) is 8.78 Å². The lowest BCUT2D eigenvalue weighted by atomic mass is 10.1. The van der Waals surface area contributed by atoms with E-state index in [1.165, 1.54) is 12.1 Å². The molecule has 17 heavy (non-hydrogen) atoms. The van der Waals surface area contributed by atoms with E-state index in [4.69, 9.17) is 0 Å².